The minimum atomic E-state index is -4.37. The van der Waals surface area contributed by atoms with Crippen LogP contribution in [0.4, 0.5) is 13.2 Å². The highest BCUT2D eigenvalue weighted by Gasteiger charge is 2.32. The first-order valence-corrected chi connectivity index (χ1v) is 13.0. The molecule has 1 aliphatic heterocycles. The number of hydrogen-bond donors (Lipinski definition) is 0. The summed E-state index contributed by atoms with van der Waals surface area (Å²) >= 11 is 0. The van der Waals surface area contributed by atoms with Gasteiger partial charge in [-0.05, 0) is 66.4 Å². The molecule has 0 unspecified atom stereocenters. The molecule has 0 saturated carbocycles. The standard InChI is InChI=1S/C27H28F3NO3S/c1-34-19-20-5-7-22(8-6-20)23-9-11-25(12-10-23)35(32,33)26-13-15-31(16-14-26)18-21-3-2-4-24(17-21)27(28,29)30/h2-12,17,26H,13-16,18-19H2,1H3. The summed E-state index contributed by atoms with van der Waals surface area (Å²) in [6, 6.07) is 20.2. The van der Waals surface area contributed by atoms with Crippen molar-refractivity contribution in [3.8, 4) is 11.1 Å². The molecule has 1 fully saturated rings. The summed E-state index contributed by atoms with van der Waals surface area (Å²) < 4.78 is 70.5. The van der Waals surface area contributed by atoms with Gasteiger partial charge in [0.25, 0.3) is 0 Å². The summed E-state index contributed by atoms with van der Waals surface area (Å²) in [5.41, 5.74) is 2.91. The minimum absolute atomic E-state index is 0.300. The molecule has 0 amide bonds. The fraction of sp³-hybridized carbons (Fsp3) is 0.333. The second-order valence-corrected chi connectivity index (χ2v) is 11.1. The molecule has 0 aliphatic carbocycles. The molecule has 1 heterocycles. The van der Waals surface area contributed by atoms with Crippen LogP contribution in [0.3, 0.4) is 0 Å². The van der Waals surface area contributed by atoms with Gasteiger partial charge in [-0.3, -0.25) is 4.90 Å². The number of sulfone groups is 1. The Bertz CT molecular complexity index is 1230. The molecule has 4 nitrogen and oxygen atoms in total. The third-order valence-corrected chi connectivity index (χ3v) is 8.69. The van der Waals surface area contributed by atoms with Gasteiger partial charge in [-0.1, -0.05) is 54.6 Å². The quantitative estimate of drug-likeness (QED) is 0.399. The van der Waals surface area contributed by atoms with Crippen molar-refractivity contribution in [3.05, 3.63) is 89.5 Å². The average Bonchev–Trinajstić information content (AvgIpc) is 2.85. The molecule has 0 N–H and O–H groups in total. The zero-order valence-electron chi connectivity index (χ0n) is 19.5. The normalized spacial score (nSPS) is 15.9. The van der Waals surface area contributed by atoms with Crippen molar-refractivity contribution < 1.29 is 26.3 Å². The lowest BCUT2D eigenvalue weighted by Gasteiger charge is -2.31. The zero-order valence-corrected chi connectivity index (χ0v) is 20.3. The Morgan fingerprint density at radius 3 is 2.06 bits per heavy atom. The monoisotopic (exact) mass is 503 g/mol. The van der Waals surface area contributed by atoms with Gasteiger partial charge in [-0.15, -0.1) is 0 Å². The van der Waals surface area contributed by atoms with E-state index in [0.29, 0.717) is 49.5 Å². The van der Waals surface area contributed by atoms with Gasteiger partial charge in [0, 0.05) is 13.7 Å². The molecule has 0 aromatic heterocycles. The smallest absolute Gasteiger partial charge is 0.380 e. The number of piperidine rings is 1. The fourth-order valence-electron chi connectivity index (χ4n) is 4.47. The molecule has 0 bridgehead atoms. The predicted molar refractivity (Wildman–Crippen MR) is 130 cm³/mol. The van der Waals surface area contributed by atoms with Crippen molar-refractivity contribution in [2.24, 2.45) is 0 Å². The van der Waals surface area contributed by atoms with Crippen molar-refractivity contribution in [1.82, 2.24) is 4.90 Å². The van der Waals surface area contributed by atoms with Gasteiger partial charge in [0.05, 0.1) is 22.3 Å². The highest BCUT2D eigenvalue weighted by atomic mass is 32.2. The number of methoxy groups -OCH3 is 1. The predicted octanol–water partition coefficient (Wildman–Crippen LogP) is 5.96. The average molecular weight is 504 g/mol. The van der Waals surface area contributed by atoms with Crippen LogP contribution in [0.5, 0.6) is 0 Å². The van der Waals surface area contributed by atoms with Crippen LogP contribution in [0.25, 0.3) is 11.1 Å². The number of benzene rings is 3. The number of alkyl halides is 3. The van der Waals surface area contributed by atoms with Crippen molar-refractivity contribution in [1.29, 1.82) is 0 Å². The van der Waals surface area contributed by atoms with E-state index in [2.05, 4.69) is 0 Å². The van der Waals surface area contributed by atoms with Crippen LogP contribution in [0.15, 0.2) is 77.7 Å². The molecule has 3 aromatic carbocycles. The molecule has 35 heavy (non-hydrogen) atoms. The van der Waals surface area contributed by atoms with Gasteiger partial charge >= 0.3 is 6.18 Å². The number of rotatable bonds is 7. The summed E-state index contributed by atoms with van der Waals surface area (Å²) in [7, 11) is -1.84. The Hall–Kier alpha value is -2.68. The Morgan fingerprint density at radius 2 is 1.49 bits per heavy atom. The Kier molecular flexibility index (Phi) is 7.64. The summed E-state index contributed by atoms with van der Waals surface area (Å²) in [6.45, 7) is 1.95. The molecular formula is C27H28F3NO3S. The van der Waals surface area contributed by atoms with Gasteiger partial charge in [-0.2, -0.15) is 13.2 Å². The molecule has 3 aromatic rings. The van der Waals surface area contributed by atoms with Crippen molar-refractivity contribution in [2.75, 3.05) is 20.2 Å². The van der Waals surface area contributed by atoms with E-state index < -0.39 is 26.8 Å². The number of ether oxygens (including phenoxy) is 1. The Labute approximate surface area is 204 Å². The van der Waals surface area contributed by atoms with Crippen molar-refractivity contribution in [3.63, 3.8) is 0 Å². The first kappa shape index (κ1) is 25.4. The van der Waals surface area contributed by atoms with E-state index in [-0.39, 0.29) is 0 Å². The molecule has 0 radical (unpaired) electrons. The lowest BCUT2D eigenvalue weighted by molar-refractivity contribution is -0.137. The molecule has 0 spiro atoms. The van der Waals surface area contributed by atoms with E-state index in [4.69, 9.17) is 4.74 Å². The van der Waals surface area contributed by atoms with Crippen LogP contribution in [0.2, 0.25) is 0 Å². The molecule has 4 rings (SSSR count). The summed E-state index contributed by atoms with van der Waals surface area (Å²) in [4.78, 5) is 2.31. The molecular weight excluding hydrogens is 475 g/mol. The van der Waals surface area contributed by atoms with E-state index in [1.165, 1.54) is 6.07 Å². The maximum absolute atomic E-state index is 13.2. The number of halogens is 3. The first-order chi connectivity index (χ1) is 16.7. The van der Waals surface area contributed by atoms with E-state index in [1.807, 2.05) is 41.3 Å². The third kappa shape index (κ3) is 6.12. The van der Waals surface area contributed by atoms with E-state index in [1.54, 1.807) is 25.3 Å². The van der Waals surface area contributed by atoms with Crippen molar-refractivity contribution >= 4 is 9.84 Å². The van der Waals surface area contributed by atoms with Gasteiger partial charge in [0.1, 0.15) is 0 Å². The van der Waals surface area contributed by atoms with Crippen LogP contribution in [-0.2, 0) is 33.9 Å². The fourth-order valence-corrected chi connectivity index (χ4v) is 6.20. The van der Waals surface area contributed by atoms with Crippen LogP contribution in [0.1, 0.15) is 29.5 Å². The second-order valence-electron chi connectivity index (χ2n) is 8.87. The Morgan fingerprint density at radius 1 is 0.886 bits per heavy atom. The highest BCUT2D eigenvalue weighted by Crippen LogP contribution is 2.31. The second kappa shape index (κ2) is 10.5. The third-order valence-electron chi connectivity index (χ3n) is 6.42. The summed E-state index contributed by atoms with van der Waals surface area (Å²) in [6.07, 6.45) is -3.48. The molecule has 1 aliphatic rings. The van der Waals surface area contributed by atoms with Gasteiger partial charge < -0.3 is 4.74 Å². The number of nitrogens with zero attached hydrogens (tertiary/aromatic N) is 1. The first-order valence-electron chi connectivity index (χ1n) is 11.5. The highest BCUT2D eigenvalue weighted by molar-refractivity contribution is 7.92. The topological polar surface area (TPSA) is 46.6 Å². The SMILES string of the molecule is COCc1ccc(-c2ccc(S(=O)(=O)C3CCN(Cc4cccc(C(F)(F)F)c4)CC3)cc2)cc1. The maximum atomic E-state index is 13.2. The van der Waals surface area contributed by atoms with Gasteiger partial charge in [-0.25, -0.2) is 8.42 Å². The minimum Gasteiger partial charge on any atom is -0.380 e. The summed E-state index contributed by atoms with van der Waals surface area (Å²) in [5.74, 6) is 0. The lowest BCUT2D eigenvalue weighted by atomic mass is 10.0. The van der Waals surface area contributed by atoms with Crippen LogP contribution in [-0.4, -0.2) is 38.8 Å². The molecule has 1 saturated heterocycles. The zero-order chi connectivity index (χ0) is 25.1. The van der Waals surface area contributed by atoms with Gasteiger partial charge in [0.15, 0.2) is 9.84 Å². The van der Waals surface area contributed by atoms with Crippen LogP contribution >= 0.6 is 0 Å². The molecule has 186 valence electrons. The van der Waals surface area contributed by atoms with Crippen molar-refractivity contribution in [2.45, 2.75) is 42.3 Å². The lowest BCUT2D eigenvalue weighted by Crippen LogP contribution is -2.38. The van der Waals surface area contributed by atoms with Crippen LogP contribution in [0, 0.1) is 0 Å². The van der Waals surface area contributed by atoms with Crippen LogP contribution < -0.4 is 0 Å². The molecule has 0 atom stereocenters. The summed E-state index contributed by atoms with van der Waals surface area (Å²) in [5, 5.41) is -0.501. The maximum Gasteiger partial charge on any atom is 0.416 e. The van der Waals surface area contributed by atoms with E-state index >= 15 is 0 Å². The Balaban J connectivity index is 1.38. The van der Waals surface area contributed by atoms with E-state index in [9.17, 15) is 21.6 Å². The molecule has 8 heteroatoms. The van der Waals surface area contributed by atoms with E-state index in [0.717, 1.165) is 28.8 Å². The largest absolute Gasteiger partial charge is 0.416 e. The van der Waals surface area contributed by atoms with Gasteiger partial charge in [0.2, 0.25) is 0 Å². The number of hydrogen-bond acceptors (Lipinski definition) is 4. The number of likely N-dealkylation sites (tertiary alicyclic amines) is 1.